The van der Waals surface area contributed by atoms with Crippen molar-refractivity contribution in [2.45, 2.75) is 33.2 Å². The first-order chi connectivity index (χ1) is 9.01. The maximum Gasteiger partial charge on any atom is 0.254 e. The van der Waals surface area contributed by atoms with Crippen LogP contribution in [0.2, 0.25) is 5.15 Å². The number of hydrogen-bond acceptors (Lipinski definition) is 3. The third-order valence-electron chi connectivity index (χ3n) is 3.44. The van der Waals surface area contributed by atoms with Crippen LogP contribution < -0.4 is 5.32 Å². The summed E-state index contributed by atoms with van der Waals surface area (Å²) in [4.78, 5) is 18.6. The lowest BCUT2D eigenvalue weighted by molar-refractivity contribution is 0.0743. The number of aromatic nitrogens is 1. The second-order valence-corrected chi connectivity index (χ2v) is 5.63. The second-order valence-electron chi connectivity index (χ2n) is 5.24. The first-order valence-electron chi connectivity index (χ1n) is 6.73. The highest BCUT2D eigenvalue weighted by atomic mass is 35.5. The minimum atomic E-state index is 0.0419. The van der Waals surface area contributed by atoms with Crippen molar-refractivity contribution in [1.82, 2.24) is 9.88 Å². The molecule has 1 saturated heterocycles. The smallest absolute Gasteiger partial charge is 0.254 e. The molecule has 0 aromatic carbocycles. The minimum absolute atomic E-state index is 0.0419. The van der Waals surface area contributed by atoms with E-state index in [9.17, 15) is 4.79 Å². The Morgan fingerprint density at radius 1 is 1.53 bits per heavy atom. The van der Waals surface area contributed by atoms with Gasteiger partial charge in [-0.25, -0.2) is 4.98 Å². The molecular formula is C14H20ClN3O. The Hall–Kier alpha value is -1.29. The zero-order valence-corrected chi connectivity index (χ0v) is 12.4. The summed E-state index contributed by atoms with van der Waals surface area (Å²) in [7, 11) is 0. The molecule has 0 bridgehead atoms. The van der Waals surface area contributed by atoms with E-state index in [0.717, 1.165) is 19.5 Å². The van der Waals surface area contributed by atoms with Gasteiger partial charge in [0.05, 0.1) is 0 Å². The highest BCUT2D eigenvalue weighted by molar-refractivity contribution is 6.29. The van der Waals surface area contributed by atoms with Crippen LogP contribution in [0.15, 0.2) is 12.1 Å². The molecule has 1 aliphatic heterocycles. The van der Waals surface area contributed by atoms with Gasteiger partial charge in [-0.15, -0.1) is 0 Å². The van der Waals surface area contributed by atoms with Gasteiger partial charge in [-0.05, 0) is 38.3 Å². The molecule has 0 spiro atoms. The van der Waals surface area contributed by atoms with Crippen LogP contribution in [0.1, 0.15) is 37.6 Å². The first kappa shape index (κ1) is 14.1. The highest BCUT2D eigenvalue weighted by Crippen LogP contribution is 2.25. The Labute approximate surface area is 119 Å². The molecule has 1 N–H and O–H groups in total. The molecule has 0 aliphatic carbocycles. The predicted octanol–water partition coefficient (Wildman–Crippen LogP) is 3.04. The van der Waals surface area contributed by atoms with Gasteiger partial charge in [-0.2, -0.15) is 0 Å². The number of likely N-dealkylation sites (tertiary alicyclic amines) is 1. The summed E-state index contributed by atoms with van der Waals surface area (Å²) in [6.07, 6.45) is 1.06. The van der Waals surface area contributed by atoms with E-state index in [1.807, 2.05) is 11.8 Å². The number of halogens is 1. The summed E-state index contributed by atoms with van der Waals surface area (Å²) < 4.78 is 0. The Bertz CT molecular complexity index is 478. The molecule has 1 fully saturated rings. The number of pyridine rings is 1. The van der Waals surface area contributed by atoms with E-state index in [1.54, 1.807) is 12.1 Å². The lowest BCUT2D eigenvalue weighted by Gasteiger charge is -2.21. The third kappa shape index (κ3) is 3.18. The molecule has 0 saturated carbocycles. The number of nitrogens with one attached hydrogen (secondary N) is 1. The second kappa shape index (κ2) is 5.78. The van der Waals surface area contributed by atoms with Crippen molar-refractivity contribution < 1.29 is 4.79 Å². The quantitative estimate of drug-likeness (QED) is 0.866. The molecule has 1 aromatic heterocycles. The molecule has 1 aliphatic rings. The fourth-order valence-corrected chi connectivity index (χ4v) is 2.85. The van der Waals surface area contributed by atoms with E-state index < -0.39 is 0 Å². The van der Waals surface area contributed by atoms with E-state index in [1.165, 1.54) is 0 Å². The fourth-order valence-electron chi connectivity index (χ4n) is 2.64. The van der Waals surface area contributed by atoms with E-state index in [2.05, 4.69) is 24.1 Å². The van der Waals surface area contributed by atoms with Crippen LogP contribution in [0.5, 0.6) is 0 Å². The molecule has 2 rings (SSSR count). The number of carbonyl (C=O) groups excluding carboxylic acids is 1. The summed E-state index contributed by atoms with van der Waals surface area (Å²) >= 11 is 5.98. The van der Waals surface area contributed by atoms with Crippen molar-refractivity contribution in [2.75, 3.05) is 18.4 Å². The Morgan fingerprint density at radius 2 is 2.26 bits per heavy atom. The molecular weight excluding hydrogens is 262 g/mol. The van der Waals surface area contributed by atoms with Gasteiger partial charge >= 0.3 is 0 Å². The van der Waals surface area contributed by atoms with E-state index >= 15 is 0 Å². The standard InChI is InChI=1S/C14H20ClN3O/c1-4-16-13-7-11(6-12(15)17-13)14(19)18-8-9(2)5-10(18)3/h6-7,9-10H,4-5,8H2,1-3H3,(H,16,17). The third-order valence-corrected chi connectivity index (χ3v) is 3.64. The van der Waals surface area contributed by atoms with Crippen molar-refractivity contribution in [3.05, 3.63) is 22.8 Å². The van der Waals surface area contributed by atoms with Gasteiger partial charge in [0.2, 0.25) is 0 Å². The largest absolute Gasteiger partial charge is 0.370 e. The zero-order chi connectivity index (χ0) is 14.0. The van der Waals surface area contributed by atoms with Crippen LogP contribution >= 0.6 is 11.6 Å². The zero-order valence-electron chi connectivity index (χ0n) is 11.6. The number of nitrogens with zero attached hydrogens (tertiary/aromatic N) is 2. The molecule has 2 unspecified atom stereocenters. The summed E-state index contributed by atoms with van der Waals surface area (Å²) in [5, 5.41) is 3.44. The van der Waals surface area contributed by atoms with Crippen LogP contribution in [0.25, 0.3) is 0 Å². The minimum Gasteiger partial charge on any atom is -0.370 e. The maximum atomic E-state index is 12.5. The normalized spacial score (nSPS) is 22.6. The van der Waals surface area contributed by atoms with Gasteiger partial charge < -0.3 is 10.2 Å². The SMILES string of the molecule is CCNc1cc(C(=O)N2CC(C)CC2C)cc(Cl)n1. The average Bonchev–Trinajstić information content (AvgIpc) is 2.67. The number of hydrogen-bond donors (Lipinski definition) is 1. The number of carbonyl (C=O) groups is 1. The molecule has 104 valence electrons. The van der Waals surface area contributed by atoms with E-state index in [-0.39, 0.29) is 11.9 Å². The summed E-state index contributed by atoms with van der Waals surface area (Å²) in [5.41, 5.74) is 0.608. The van der Waals surface area contributed by atoms with Gasteiger partial charge in [0, 0.05) is 24.7 Å². The van der Waals surface area contributed by atoms with Crippen molar-refractivity contribution >= 4 is 23.3 Å². The van der Waals surface area contributed by atoms with Gasteiger partial charge in [-0.3, -0.25) is 4.79 Å². The molecule has 1 amide bonds. The van der Waals surface area contributed by atoms with Gasteiger partial charge in [-0.1, -0.05) is 18.5 Å². The molecule has 19 heavy (non-hydrogen) atoms. The molecule has 1 aromatic rings. The van der Waals surface area contributed by atoms with E-state index in [0.29, 0.717) is 22.5 Å². The van der Waals surface area contributed by atoms with Crippen LogP contribution in [-0.2, 0) is 0 Å². The van der Waals surface area contributed by atoms with Crippen LogP contribution in [0, 0.1) is 5.92 Å². The van der Waals surface area contributed by atoms with Crippen LogP contribution in [0.4, 0.5) is 5.82 Å². The monoisotopic (exact) mass is 281 g/mol. The van der Waals surface area contributed by atoms with Crippen LogP contribution in [0.3, 0.4) is 0 Å². The fraction of sp³-hybridized carbons (Fsp3) is 0.571. The van der Waals surface area contributed by atoms with Gasteiger partial charge in [0.15, 0.2) is 0 Å². The number of anilines is 1. The number of rotatable bonds is 3. The Balaban J connectivity index is 2.23. The summed E-state index contributed by atoms with van der Waals surface area (Å²) in [6, 6.07) is 3.70. The molecule has 2 atom stereocenters. The number of amides is 1. The van der Waals surface area contributed by atoms with Crippen molar-refractivity contribution in [2.24, 2.45) is 5.92 Å². The van der Waals surface area contributed by atoms with Crippen molar-refractivity contribution in [3.63, 3.8) is 0 Å². The van der Waals surface area contributed by atoms with Crippen LogP contribution in [-0.4, -0.2) is 34.9 Å². The molecule has 2 heterocycles. The average molecular weight is 282 g/mol. The maximum absolute atomic E-state index is 12.5. The van der Waals surface area contributed by atoms with Crippen molar-refractivity contribution in [3.8, 4) is 0 Å². The Kier molecular flexibility index (Phi) is 4.30. The molecule has 4 nitrogen and oxygen atoms in total. The molecule has 0 radical (unpaired) electrons. The molecule has 5 heteroatoms. The van der Waals surface area contributed by atoms with Crippen molar-refractivity contribution in [1.29, 1.82) is 0 Å². The topological polar surface area (TPSA) is 45.2 Å². The lowest BCUT2D eigenvalue weighted by atomic mass is 10.1. The first-order valence-corrected chi connectivity index (χ1v) is 7.11. The highest BCUT2D eigenvalue weighted by Gasteiger charge is 2.30. The summed E-state index contributed by atoms with van der Waals surface area (Å²) in [5.74, 6) is 1.25. The van der Waals surface area contributed by atoms with E-state index in [4.69, 9.17) is 11.6 Å². The van der Waals surface area contributed by atoms with Gasteiger partial charge in [0.1, 0.15) is 11.0 Å². The Morgan fingerprint density at radius 3 is 2.84 bits per heavy atom. The van der Waals surface area contributed by atoms with Gasteiger partial charge in [0.25, 0.3) is 5.91 Å². The summed E-state index contributed by atoms with van der Waals surface area (Å²) in [6.45, 7) is 7.81. The lowest BCUT2D eigenvalue weighted by Crippen LogP contribution is -2.34. The predicted molar refractivity (Wildman–Crippen MR) is 77.7 cm³/mol.